The van der Waals surface area contributed by atoms with Gasteiger partial charge in [0, 0.05) is 17.9 Å². The minimum absolute atomic E-state index is 0.268. The van der Waals surface area contributed by atoms with Crippen LogP contribution in [0.15, 0.2) is 24.3 Å². The first kappa shape index (κ1) is 14.6. The van der Waals surface area contributed by atoms with Gasteiger partial charge in [-0.3, -0.25) is 4.79 Å². The molecule has 0 spiro atoms. The fourth-order valence-corrected chi connectivity index (χ4v) is 3.13. The lowest BCUT2D eigenvalue weighted by Crippen LogP contribution is -2.40. The molecule has 2 rings (SSSR count). The van der Waals surface area contributed by atoms with Crippen LogP contribution >= 0.6 is 15.9 Å². The van der Waals surface area contributed by atoms with Crippen LogP contribution in [0.2, 0.25) is 0 Å². The molecule has 1 atom stereocenters. The van der Waals surface area contributed by atoms with Crippen LogP contribution < -0.4 is 0 Å². The average Bonchev–Trinajstić information content (AvgIpc) is 2.41. The minimum atomic E-state index is 0.268. The second-order valence-electron chi connectivity index (χ2n) is 5.56. The van der Waals surface area contributed by atoms with Crippen molar-refractivity contribution in [3.8, 4) is 0 Å². The lowest BCUT2D eigenvalue weighted by Gasteiger charge is -2.33. The maximum absolute atomic E-state index is 12.2. The van der Waals surface area contributed by atoms with E-state index in [4.69, 9.17) is 0 Å². The lowest BCUT2D eigenvalue weighted by molar-refractivity contribution is -0.131. The highest BCUT2D eigenvalue weighted by Gasteiger charge is 2.24. The zero-order valence-corrected chi connectivity index (χ0v) is 13.3. The molecule has 1 aliphatic heterocycles. The van der Waals surface area contributed by atoms with E-state index in [1.54, 1.807) is 0 Å². The lowest BCUT2D eigenvalue weighted by atomic mass is 9.94. The zero-order chi connectivity index (χ0) is 13.8. The molecule has 0 saturated carbocycles. The number of likely N-dealkylation sites (tertiary alicyclic amines) is 1. The number of aryl methyl sites for hydroxylation is 1. The Hall–Kier alpha value is -0.830. The molecule has 1 aromatic rings. The van der Waals surface area contributed by atoms with E-state index in [9.17, 15) is 4.79 Å². The molecule has 1 fully saturated rings. The summed E-state index contributed by atoms with van der Waals surface area (Å²) >= 11 is 3.65. The van der Waals surface area contributed by atoms with Gasteiger partial charge in [-0.15, -0.1) is 0 Å². The highest BCUT2D eigenvalue weighted by Crippen LogP contribution is 2.25. The smallest absolute Gasteiger partial charge is 0.226 e. The van der Waals surface area contributed by atoms with Crippen LogP contribution in [0.5, 0.6) is 0 Å². The number of piperidine rings is 1. The van der Waals surface area contributed by atoms with Crippen molar-refractivity contribution in [1.29, 1.82) is 0 Å². The van der Waals surface area contributed by atoms with E-state index >= 15 is 0 Å². The Morgan fingerprint density at radius 1 is 1.32 bits per heavy atom. The molecule has 1 aromatic carbocycles. The molecule has 0 bridgehead atoms. The number of carbonyl (C=O) groups excluding carboxylic acids is 1. The summed E-state index contributed by atoms with van der Waals surface area (Å²) in [4.78, 5) is 14.8. The van der Waals surface area contributed by atoms with Crippen molar-refractivity contribution < 1.29 is 4.79 Å². The number of halogens is 1. The predicted octanol–water partition coefficient (Wildman–Crippen LogP) is 3.56. The first-order valence-electron chi connectivity index (χ1n) is 7.03. The Kier molecular flexibility index (Phi) is 5.03. The summed E-state index contributed by atoms with van der Waals surface area (Å²) in [5, 5.41) is 0. The molecule has 2 nitrogen and oxygen atoms in total. The largest absolute Gasteiger partial charge is 0.342 e. The van der Waals surface area contributed by atoms with Crippen molar-refractivity contribution in [3.63, 3.8) is 0 Å². The van der Waals surface area contributed by atoms with Crippen molar-refractivity contribution in [2.24, 2.45) is 5.92 Å². The summed E-state index contributed by atoms with van der Waals surface area (Å²) in [7, 11) is 0. The summed E-state index contributed by atoms with van der Waals surface area (Å²) < 4.78 is 0. The first-order valence-corrected chi connectivity index (χ1v) is 7.95. The minimum Gasteiger partial charge on any atom is -0.342 e. The van der Waals surface area contributed by atoms with E-state index in [0.29, 0.717) is 17.2 Å². The van der Waals surface area contributed by atoms with Crippen LogP contribution in [0.25, 0.3) is 0 Å². The Morgan fingerprint density at radius 2 is 1.89 bits per heavy atom. The quantitative estimate of drug-likeness (QED) is 0.779. The molecular weight excluding hydrogens is 302 g/mol. The Bertz CT molecular complexity index is 419. The topological polar surface area (TPSA) is 20.3 Å². The summed E-state index contributed by atoms with van der Waals surface area (Å²) in [5.74, 6) is 0.980. The number of carbonyl (C=O) groups is 1. The van der Waals surface area contributed by atoms with E-state index in [2.05, 4.69) is 54.0 Å². The molecule has 1 unspecified atom stereocenters. The Balaban J connectivity index is 1.86. The van der Waals surface area contributed by atoms with E-state index in [1.807, 2.05) is 4.90 Å². The van der Waals surface area contributed by atoms with Crippen molar-refractivity contribution in [2.45, 2.75) is 37.9 Å². The predicted molar refractivity (Wildman–Crippen MR) is 82.6 cm³/mol. The van der Waals surface area contributed by atoms with Crippen LogP contribution in [-0.2, 0) is 11.2 Å². The summed E-state index contributed by atoms with van der Waals surface area (Å²) in [6.45, 7) is 6.09. The third-order valence-corrected chi connectivity index (χ3v) is 4.77. The van der Waals surface area contributed by atoms with E-state index in [1.165, 1.54) is 5.56 Å². The monoisotopic (exact) mass is 323 g/mol. The van der Waals surface area contributed by atoms with Gasteiger partial charge in [-0.1, -0.05) is 52.7 Å². The van der Waals surface area contributed by atoms with E-state index < -0.39 is 0 Å². The van der Waals surface area contributed by atoms with E-state index in [0.717, 1.165) is 31.5 Å². The SMILES string of the molecule is Cc1ccc(CC(=O)N2CCC(C(C)Br)CC2)cc1. The van der Waals surface area contributed by atoms with Gasteiger partial charge in [0.05, 0.1) is 6.42 Å². The zero-order valence-electron chi connectivity index (χ0n) is 11.7. The van der Waals surface area contributed by atoms with Crippen molar-refractivity contribution in [1.82, 2.24) is 4.90 Å². The van der Waals surface area contributed by atoms with Gasteiger partial charge in [-0.05, 0) is 31.2 Å². The summed E-state index contributed by atoms with van der Waals surface area (Å²) in [6.07, 6.45) is 2.77. The van der Waals surface area contributed by atoms with Crippen molar-refractivity contribution >= 4 is 21.8 Å². The van der Waals surface area contributed by atoms with Gasteiger partial charge in [0.15, 0.2) is 0 Å². The maximum Gasteiger partial charge on any atom is 0.226 e. The highest BCUT2D eigenvalue weighted by atomic mass is 79.9. The van der Waals surface area contributed by atoms with Gasteiger partial charge in [0.25, 0.3) is 0 Å². The van der Waals surface area contributed by atoms with E-state index in [-0.39, 0.29) is 5.91 Å². The first-order chi connectivity index (χ1) is 9.06. The van der Waals surface area contributed by atoms with Crippen molar-refractivity contribution in [3.05, 3.63) is 35.4 Å². The molecule has 0 aliphatic carbocycles. The van der Waals surface area contributed by atoms with Crippen molar-refractivity contribution in [2.75, 3.05) is 13.1 Å². The van der Waals surface area contributed by atoms with Crippen LogP contribution in [0, 0.1) is 12.8 Å². The number of hydrogen-bond acceptors (Lipinski definition) is 1. The number of nitrogens with zero attached hydrogens (tertiary/aromatic N) is 1. The molecule has 1 aliphatic rings. The Labute approximate surface area is 124 Å². The molecule has 3 heteroatoms. The number of hydrogen-bond donors (Lipinski definition) is 0. The molecule has 0 radical (unpaired) electrons. The Morgan fingerprint density at radius 3 is 2.42 bits per heavy atom. The van der Waals surface area contributed by atoms with Gasteiger partial charge >= 0.3 is 0 Å². The van der Waals surface area contributed by atoms with Gasteiger partial charge in [-0.2, -0.15) is 0 Å². The molecular formula is C16H22BrNO. The van der Waals surface area contributed by atoms with Crippen LogP contribution in [-0.4, -0.2) is 28.7 Å². The second kappa shape index (κ2) is 6.56. The summed E-state index contributed by atoms with van der Waals surface area (Å²) in [6, 6.07) is 8.25. The van der Waals surface area contributed by atoms with Gasteiger partial charge in [0.2, 0.25) is 5.91 Å². The third kappa shape index (κ3) is 4.07. The standard InChI is InChI=1S/C16H22BrNO/c1-12-3-5-14(6-4-12)11-16(19)18-9-7-15(8-10-18)13(2)17/h3-6,13,15H,7-11H2,1-2H3. The maximum atomic E-state index is 12.2. The fraction of sp³-hybridized carbons (Fsp3) is 0.562. The van der Waals surface area contributed by atoms with Crippen LogP contribution in [0.4, 0.5) is 0 Å². The van der Waals surface area contributed by atoms with Gasteiger partial charge in [-0.25, -0.2) is 0 Å². The average molecular weight is 324 g/mol. The molecule has 1 heterocycles. The summed E-state index contributed by atoms with van der Waals surface area (Å²) in [5.41, 5.74) is 2.36. The number of alkyl halides is 1. The normalized spacial score (nSPS) is 18.4. The molecule has 0 N–H and O–H groups in total. The molecule has 1 amide bonds. The highest BCUT2D eigenvalue weighted by molar-refractivity contribution is 9.09. The molecule has 0 aromatic heterocycles. The number of amides is 1. The fourth-order valence-electron chi connectivity index (χ4n) is 2.60. The number of rotatable bonds is 3. The molecule has 19 heavy (non-hydrogen) atoms. The van der Waals surface area contributed by atoms with Crippen LogP contribution in [0.3, 0.4) is 0 Å². The van der Waals surface area contributed by atoms with Crippen LogP contribution in [0.1, 0.15) is 30.9 Å². The molecule has 1 saturated heterocycles. The number of benzene rings is 1. The third-order valence-electron chi connectivity index (χ3n) is 4.02. The molecule has 104 valence electrons. The van der Waals surface area contributed by atoms with Gasteiger partial charge in [0.1, 0.15) is 0 Å². The van der Waals surface area contributed by atoms with Gasteiger partial charge < -0.3 is 4.90 Å². The second-order valence-corrected chi connectivity index (χ2v) is 7.00.